The van der Waals surface area contributed by atoms with Crippen molar-refractivity contribution in [1.82, 2.24) is 9.80 Å². The molecule has 1 aliphatic rings. The number of hydrogen-bond donors (Lipinski definition) is 0. The number of para-hydroxylation sites is 2. The molecule has 2 aromatic rings. The lowest BCUT2D eigenvalue weighted by Gasteiger charge is -2.30. The summed E-state index contributed by atoms with van der Waals surface area (Å²) in [7, 11) is 3.95. The Labute approximate surface area is 183 Å². The Kier molecular flexibility index (Phi) is 7.71. The predicted octanol–water partition coefficient (Wildman–Crippen LogP) is 3.44. The van der Waals surface area contributed by atoms with Crippen LogP contribution < -0.4 is 9.64 Å². The van der Waals surface area contributed by atoms with Gasteiger partial charge in [-0.2, -0.15) is 0 Å². The van der Waals surface area contributed by atoms with Crippen LogP contribution in [-0.2, 0) is 16.1 Å². The molecule has 0 unspecified atom stereocenters. The maximum Gasteiger partial charge on any atom is 0.227 e. The van der Waals surface area contributed by atoms with Crippen LogP contribution in [0.15, 0.2) is 48.5 Å². The maximum absolute atomic E-state index is 12.9. The largest absolute Gasteiger partial charge is 0.490 e. The van der Waals surface area contributed by atoms with E-state index < -0.39 is 0 Å². The topological polar surface area (TPSA) is 53.1 Å². The van der Waals surface area contributed by atoms with Gasteiger partial charge >= 0.3 is 0 Å². The van der Waals surface area contributed by atoms with E-state index in [9.17, 15) is 9.59 Å². The molecule has 2 amide bonds. The van der Waals surface area contributed by atoms with Crippen molar-refractivity contribution in [3.63, 3.8) is 0 Å². The summed E-state index contributed by atoms with van der Waals surface area (Å²) in [5.74, 6) is 0.624. The van der Waals surface area contributed by atoms with Crippen molar-refractivity contribution in [2.24, 2.45) is 0 Å². The second-order valence-corrected chi connectivity index (χ2v) is 8.04. The number of ether oxygens (including phenoxy) is 1. The molecule has 160 valence electrons. The number of anilines is 1. The maximum atomic E-state index is 12.9. The molecular formula is C23H28ClN3O3. The number of rotatable bonds is 8. The number of carbonyl (C=O) groups excluding carboxylic acids is 2. The lowest BCUT2D eigenvalue weighted by molar-refractivity contribution is -0.133. The first-order valence-electron chi connectivity index (χ1n) is 10.1. The molecular weight excluding hydrogens is 402 g/mol. The Morgan fingerprint density at radius 3 is 2.50 bits per heavy atom. The highest BCUT2D eigenvalue weighted by atomic mass is 35.5. The van der Waals surface area contributed by atoms with Crippen LogP contribution in [0.3, 0.4) is 0 Å². The van der Waals surface area contributed by atoms with Crippen LogP contribution in [-0.4, -0.2) is 62.0 Å². The summed E-state index contributed by atoms with van der Waals surface area (Å²) in [6.07, 6.45) is 0.353. The van der Waals surface area contributed by atoms with Gasteiger partial charge in [0, 0.05) is 37.5 Å². The van der Waals surface area contributed by atoms with Crippen molar-refractivity contribution in [3.05, 3.63) is 59.1 Å². The minimum absolute atomic E-state index is 0.0262. The standard InChI is InChI=1S/C23H28ClN3O3/c1-25(2)13-14-26(17-18-7-9-19(24)10-8-18)22(28)11-12-23(29)27-15-16-30-21-6-4-3-5-20(21)27/h3-10H,11-17H2,1-2H3. The van der Waals surface area contributed by atoms with Gasteiger partial charge in [0.2, 0.25) is 11.8 Å². The van der Waals surface area contributed by atoms with Crippen LogP contribution >= 0.6 is 11.6 Å². The summed E-state index contributed by atoms with van der Waals surface area (Å²) in [5.41, 5.74) is 1.78. The van der Waals surface area contributed by atoms with Crippen LogP contribution in [0.25, 0.3) is 0 Å². The summed E-state index contributed by atoms with van der Waals surface area (Å²) in [4.78, 5) is 31.3. The van der Waals surface area contributed by atoms with Crippen molar-refractivity contribution in [2.45, 2.75) is 19.4 Å². The van der Waals surface area contributed by atoms with Gasteiger partial charge < -0.3 is 19.4 Å². The molecule has 30 heavy (non-hydrogen) atoms. The third kappa shape index (κ3) is 5.97. The van der Waals surface area contributed by atoms with Crippen LogP contribution in [0.5, 0.6) is 5.75 Å². The predicted molar refractivity (Wildman–Crippen MR) is 119 cm³/mol. The Hall–Kier alpha value is -2.57. The fourth-order valence-corrected chi connectivity index (χ4v) is 3.48. The molecule has 3 rings (SSSR count). The van der Waals surface area contributed by atoms with Gasteiger partial charge in [0.1, 0.15) is 12.4 Å². The van der Waals surface area contributed by atoms with Crippen LogP contribution in [0.2, 0.25) is 5.02 Å². The van der Waals surface area contributed by atoms with Gasteiger partial charge in [-0.25, -0.2) is 0 Å². The van der Waals surface area contributed by atoms with Crippen molar-refractivity contribution < 1.29 is 14.3 Å². The van der Waals surface area contributed by atoms with E-state index in [2.05, 4.69) is 0 Å². The highest BCUT2D eigenvalue weighted by Crippen LogP contribution is 2.31. The molecule has 6 nitrogen and oxygen atoms in total. The zero-order valence-corrected chi connectivity index (χ0v) is 18.3. The van der Waals surface area contributed by atoms with E-state index in [0.29, 0.717) is 37.0 Å². The van der Waals surface area contributed by atoms with Gasteiger partial charge in [-0.15, -0.1) is 0 Å². The molecule has 0 saturated heterocycles. The highest BCUT2D eigenvalue weighted by molar-refractivity contribution is 6.30. The number of hydrogen-bond acceptors (Lipinski definition) is 4. The first kappa shape index (κ1) is 22.1. The molecule has 0 aliphatic carbocycles. The molecule has 0 spiro atoms. The fraction of sp³-hybridized carbons (Fsp3) is 0.391. The summed E-state index contributed by atoms with van der Waals surface area (Å²) < 4.78 is 5.61. The Balaban J connectivity index is 1.62. The lowest BCUT2D eigenvalue weighted by atomic mass is 10.1. The van der Waals surface area contributed by atoms with Crippen molar-refractivity contribution in [3.8, 4) is 5.75 Å². The van der Waals surface area contributed by atoms with Crippen LogP contribution in [0, 0.1) is 0 Å². The van der Waals surface area contributed by atoms with Crippen LogP contribution in [0.4, 0.5) is 5.69 Å². The van der Waals surface area contributed by atoms with E-state index in [0.717, 1.165) is 17.8 Å². The molecule has 2 aromatic carbocycles. The summed E-state index contributed by atoms with van der Waals surface area (Å²) in [6, 6.07) is 15.0. The Morgan fingerprint density at radius 1 is 1.03 bits per heavy atom. The van der Waals surface area contributed by atoms with Gasteiger partial charge in [-0.1, -0.05) is 35.9 Å². The fourth-order valence-electron chi connectivity index (χ4n) is 3.36. The van der Waals surface area contributed by atoms with E-state index in [1.54, 1.807) is 4.90 Å². The normalized spacial score (nSPS) is 13.0. The number of halogens is 1. The molecule has 0 atom stereocenters. The quantitative estimate of drug-likeness (QED) is 0.645. The molecule has 1 aliphatic heterocycles. The molecule has 0 N–H and O–H groups in total. The minimum Gasteiger partial charge on any atom is -0.490 e. The number of amides is 2. The van der Waals surface area contributed by atoms with Gasteiger partial charge in [0.15, 0.2) is 0 Å². The molecule has 0 aromatic heterocycles. The number of carbonyl (C=O) groups is 2. The molecule has 7 heteroatoms. The Bertz CT molecular complexity index is 870. The second-order valence-electron chi connectivity index (χ2n) is 7.61. The lowest BCUT2D eigenvalue weighted by Crippen LogP contribution is -2.39. The van der Waals surface area contributed by atoms with Gasteiger partial charge in [0.25, 0.3) is 0 Å². The highest BCUT2D eigenvalue weighted by Gasteiger charge is 2.24. The molecule has 0 fully saturated rings. The molecule has 0 radical (unpaired) electrons. The van der Waals surface area contributed by atoms with Gasteiger partial charge in [-0.05, 0) is 43.9 Å². The smallest absolute Gasteiger partial charge is 0.227 e. The minimum atomic E-state index is -0.0573. The third-order valence-electron chi connectivity index (χ3n) is 5.04. The van der Waals surface area contributed by atoms with Crippen molar-refractivity contribution in [2.75, 3.05) is 45.2 Å². The summed E-state index contributed by atoms with van der Waals surface area (Å²) >= 11 is 5.97. The van der Waals surface area contributed by atoms with E-state index in [1.165, 1.54) is 0 Å². The summed E-state index contributed by atoms with van der Waals surface area (Å²) in [6.45, 7) is 2.81. The first-order chi connectivity index (χ1) is 14.4. The molecule has 1 heterocycles. The molecule has 0 saturated carbocycles. The average Bonchev–Trinajstić information content (AvgIpc) is 2.75. The number of likely N-dealkylation sites (N-methyl/N-ethyl adjacent to an activating group) is 1. The molecule has 0 bridgehead atoms. The van der Waals surface area contributed by atoms with Crippen molar-refractivity contribution >= 4 is 29.1 Å². The zero-order valence-electron chi connectivity index (χ0n) is 17.5. The van der Waals surface area contributed by atoms with E-state index in [4.69, 9.17) is 16.3 Å². The third-order valence-corrected chi connectivity index (χ3v) is 5.29. The number of fused-ring (bicyclic) bond motifs is 1. The van der Waals surface area contributed by atoms with Gasteiger partial charge in [0.05, 0.1) is 12.2 Å². The number of nitrogens with zero attached hydrogens (tertiary/aromatic N) is 3. The average molecular weight is 430 g/mol. The van der Waals surface area contributed by atoms with E-state index in [1.807, 2.05) is 72.4 Å². The SMILES string of the molecule is CN(C)CCN(Cc1ccc(Cl)cc1)C(=O)CCC(=O)N1CCOc2ccccc21. The van der Waals surface area contributed by atoms with Gasteiger partial charge in [-0.3, -0.25) is 9.59 Å². The van der Waals surface area contributed by atoms with Crippen LogP contribution in [0.1, 0.15) is 18.4 Å². The first-order valence-corrected chi connectivity index (χ1v) is 10.5. The second kappa shape index (κ2) is 10.5. The van der Waals surface area contributed by atoms with Crippen molar-refractivity contribution in [1.29, 1.82) is 0 Å². The number of benzene rings is 2. The zero-order chi connectivity index (χ0) is 21.5. The van der Waals surface area contributed by atoms with E-state index in [-0.39, 0.29) is 24.7 Å². The van der Waals surface area contributed by atoms with E-state index >= 15 is 0 Å². The Morgan fingerprint density at radius 2 is 1.77 bits per heavy atom. The monoisotopic (exact) mass is 429 g/mol. The summed E-state index contributed by atoms with van der Waals surface area (Å²) in [5, 5.41) is 0.668.